The van der Waals surface area contributed by atoms with E-state index in [2.05, 4.69) is 0 Å². The van der Waals surface area contributed by atoms with Crippen LogP contribution < -0.4 is 0 Å². The molecule has 2 aliphatic rings. The second-order valence-corrected chi connectivity index (χ2v) is 11.4. The van der Waals surface area contributed by atoms with Crippen LogP contribution in [0.25, 0.3) is 0 Å². The van der Waals surface area contributed by atoms with Gasteiger partial charge in [0.15, 0.2) is 0 Å². The number of carbonyl (C=O) groups excluding carboxylic acids is 2. The standard InChI is InChI=1S/C22H39N2O6/c1-19(2)11-15(12-20(3,4)23(19)27)29-17(25)9-10-18(26)30-16-13-21(5,6)24(28)22(7,8)14-16/h15-16,27H,9-14H2,1-8H3/q-1. The Morgan fingerprint density at radius 2 is 1.07 bits per heavy atom. The summed E-state index contributed by atoms with van der Waals surface area (Å²) in [5.74, 6) is -0.890. The summed E-state index contributed by atoms with van der Waals surface area (Å²) >= 11 is 0. The van der Waals surface area contributed by atoms with Crippen LogP contribution in [-0.2, 0) is 19.1 Å². The first-order valence-corrected chi connectivity index (χ1v) is 10.8. The predicted octanol–water partition coefficient (Wildman–Crippen LogP) is 3.78. The van der Waals surface area contributed by atoms with Gasteiger partial charge < -0.3 is 25.0 Å². The Kier molecular flexibility index (Phi) is 6.99. The average Bonchev–Trinajstić information content (AvgIpc) is 2.54. The van der Waals surface area contributed by atoms with Gasteiger partial charge >= 0.3 is 11.9 Å². The molecule has 0 aromatic rings. The van der Waals surface area contributed by atoms with Gasteiger partial charge in [-0.15, -0.1) is 0 Å². The minimum atomic E-state index is -0.618. The van der Waals surface area contributed by atoms with Crippen molar-refractivity contribution < 1.29 is 24.3 Å². The van der Waals surface area contributed by atoms with Gasteiger partial charge in [0.05, 0.1) is 12.8 Å². The fourth-order valence-corrected chi connectivity index (χ4v) is 5.21. The number of hydrogen-bond donors (Lipinski definition) is 1. The molecule has 0 aromatic heterocycles. The molecule has 30 heavy (non-hydrogen) atoms. The van der Waals surface area contributed by atoms with E-state index in [0.717, 1.165) is 5.06 Å². The minimum absolute atomic E-state index is 0.0494. The van der Waals surface area contributed by atoms with Gasteiger partial charge in [-0.05, 0) is 55.4 Å². The van der Waals surface area contributed by atoms with E-state index < -0.39 is 34.1 Å². The lowest BCUT2D eigenvalue weighted by Crippen LogP contribution is -2.60. The lowest BCUT2D eigenvalue weighted by atomic mass is 9.80. The number of carbonyl (C=O) groups is 2. The van der Waals surface area contributed by atoms with E-state index in [4.69, 9.17) is 9.47 Å². The quantitative estimate of drug-likeness (QED) is 0.661. The van der Waals surface area contributed by atoms with Crippen molar-refractivity contribution >= 4 is 11.9 Å². The van der Waals surface area contributed by atoms with E-state index in [1.54, 1.807) is 0 Å². The van der Waals surface area contributed by atoms with Crippen LogP contribution in [-0.4, -0.2) is 61.6 Å². The molecule has 2 fully saturated rings. The van der Waals surface area contributed by atoms with Crippen LogP contribution >= 0.6 is 0 Å². The van der Waals surface area contributed by atoms with E-state index >= 15 is 0 Å². The first-order chi connectivity index (χ1) is 13.5. The maximum absolute atomic E-state index is 12.4. The molecule has 8 heteroatoms. The summed E-state index contributed by atoms with van der Waals surface area (Å²) in [7, 11) is 0. The summed E-state index contributed by atoms with van der Waals surface area (Å²) in [4.78, 5) is 24.6. The molecule has 0 spiro atoms. The Morgan fingerprint density at radius 3 is 1.40 bits per heavy atom. The molecule has 0 radical (unpaired) electrons. The fourth-order valence-electron chi connectivity index (χ4n) is 5.21. The molecule has 8 nitrogen and oxygen atoms in total. The molecule has 2 saturated heterocycles. The van der Waals surface area contributed by atoms with Crippen LogP contribution in [0.2, 0.25) is 0 Å². The third-order valence-electron chi connectivity index (χ3n) is 6.28. The van der Waals surface area contributed by atoms with Gasteiger partial charge in [-0.3, -0.25) is 9.59 Å². The van der Waals surface area contributed by atoms with Gasteiger partial charge in [0, 0.05) is 47.8 Å². The molecule has 0 unspecified atom stereocenters. The van der Waals surface area contributed by atoms with Crippen LogP contribution in [0.5, 0.6) is 0 Å². The Balaban J connectivity index is 1.83. The smallest absolute Gasteiger partial charge is 0.306 e. The third-order valence-corrected chi connectivity index (χ3v) is 6.28. The van der Waals surface area contributed by atoms with Gasteiger partial charge in [-0.2, -0.15) is 5.06 Å². The normalized spacial score (nSPS) is 26.9. The molecule has 2 aliphatic heterocycles. The number of piperidine rings is 2. The van der Waals surface area contributed by atoms with Crippen molar-refractivity contribution in [1.82, 2.24) is 10.1 Å². The summed E-state index contributed by atoms with van der Waals surface area (Å²) in [6.45, 7) is 15.0. The van der Waals surface area contributed by atoms with Crippen molar-refractivity contribution in [2.45, 2.75) is 128 Å². The van der Waals surface area contributed by atoms with E-state index in [-0.39, 0.29) is 25.0 Å². The first-order valence-electron chi connectivity index (χ1n) is 10.8. The molecule has 0 bridgehead atoms. The molecule has 0 saturated carbocycles. The molecule has 1 N–H and O–H groups in total. The summed E-state index contributed by atoms with van der Waals surface area (Å²) in [6, 6.07) is 0. The molecule has 2 rings (SSSR count). The van der Waals surface area contributed by atoms with Crippen molar-refractivity contribution in [3.8, 4) is 0 Å². The minimum Gasteiger partial charge on any atom is -0.784 e. The highest BCUT2D eigenvalue weighted by molar-refractivity contribution is 5.77. The number of nitrogens with zero attached hydrogens (tertiary/aromatic N) is 2. The highest BCUT2D eigenvalue weighted by Crippen LogP contribution is 2.39. The highest BCUT2D eigenvalue weighted by Gasteiger charge is 2.46. The van der Waals surface area contributed by atoms with Crippen LogP contribution in [0.4, 0.5) is 0 Å². The van der Waals surface area contributed by atoms with Gasteiger partial charge in [0.25, 0.3) is 0 Å². The maximum atomic E-state index is 12.4. The van der Waals surface area contributed by atoms with E-state index in [9.17, 15) is 20.0 Å². The van der Waals surface area contributed by atoms with E-state index in [0.29, 0.717) is 25.7 Å². The average molecular weight is 428 g/mol. The Hall–Kier alpha value is -1.22. The van der Waals surface area contributed by atoms with Gasteiger partial charge in [0.2, 0.25) is 0 Å². The monoisotopic (exact) mass is 427 g/mol. The fraction of sp³-hybridized carbons (Fsp3) is 0.909. The maximum Gasteiger partial charge on any atom is 0.306 e. The number of esters is 2. The zero-order valence-corrected chi connectivity index (χ0v) is 19.8. The van der Waals surface area contributed by atoms with Crippen LogP contribution in [0, 0.1) is 5.21 Å². The van der Waals surface area contributed by atoms with Crippen molar-refractivity contribution in [1.29, 1.82) is 0 Å². The summed E-state index contributed by atoms with van der Waals surface area (Å²) in [5, 5.41) is 25.2. The lowest BCUT2D eigenvalue weighted by molar-refractivity contribution is -0.259. The van der Waals surface area contributed by atoms with E-state index in [1.165, 1.54) is 5.06 Å². The molecule has 174 valence electrons. The second kappa shape index (κ2) is 8.37. The molecular formula is C22H39N2O6-. The van der Waals surface area contributed by atoms with Crippen molar-refractivity contribution in [3.63, 3.8) is 0 Å². The Labute approximate surface area is 180 Å². The second-order valence-electron chi connectivity index (χ2n) is 11.4. The van der Waals surface area contributed by atoms with Crippen LogP contribution in [0.15, 0.2) is 0 Å². The molecular weight excluding hydrogens is 388 g/mol. The van der Waals surface area contributed by atoms with Crippen molar-refractivity contribution in [2.75, 3.05) is 0 Å². The topological polar surface area (TPSA) is 102 Å². The van der Waals surface area contributed by atoms with Crippen molar-refractivity contribution in [3.05, 3.63) is 5.21 Å². The van der Waals surface area contributed by atoms with E-state index in [1.807, 2.05) is 55.4 Å². The number of hydrogen-bond acceptors (Lipinski definition) is 8. The Bertz CT molecular complexity index is 566. The molecule has 0 aromatic carbocycles. The van der Waals surface area contributed by atoms with Crippen LogP contribution in [0.1, 0.15) is 93.9 Å². The zero-order valence-electron chi connectivity index (χ0n) is 19.8. The molecule has 0 atom stereocenters. The number of hydroxylamine groups is 4. The number of ether oxygens (including phenoxy) is 2. The van der Waals surface area contributed by atoms with Crippen LogP contribution in [0.3, 0.4) is 0 Å². The zero-order chi connectivity index (χ0) is 23.1. The SMILES string of the molecule is CC1(C)CC(OC(=O)CCC(=O)OC2CC(C)(C)N(O)C(C)(C)C2)CC(C)(C)N1[O-]. The summed E-state index contributed by atoms with van der Waals surface area (Å²) < 4.78 is 11.2. The van der Waals surface area contributed by atoms with Gasteiger partial charge in [0.1, 0.15) is 12.2 Å². The van der Waals surface area contributed by atoms with Gasteiger partial charge in [-0.25, -0.2) is 0 Å². The molecule has 0 aliphatic carbocycles. The third kappa shape index (κ3) is 5.72. The highest BCUT2D eigenvalue weighted by atomic mass is 16.6. The first kappa shape index (κ1) is 25.0. The summed E-state index contributed by atoms with van der Waals surface area (Å²) in [5.41, 5.74) is -2.26. The van der Waals surface area contributed by atoms with Gasteiger partial charge in [-0.1, -0.05) is 0 Å². The Morgan fingerprint density at radius 1 is 0.767 bits per heavy atom. The summed E-state index contributed by atoms with van der Waals surface area (Å²) in [6.07, 6.45) is 1.18. The molecule has 2 heterocycles. The lowest BCUT2D eigenvalue weighted by Gasteiger charge is -2.59. The van der Waals surface area contributed by atoms with Crippen molar-refractivity contribution in [2.24, 2.45) is 0 Å². The number of rotatable bonds is 5. The largest absolute Gasteiger partial charge is 0.784 e. The molecule has 0 amide bonds. The predicted molar refractivity (Wildman–Crippen MR) is 113 cm³/mol.